The smallest absolute Gasteiger partial charge is 0.179 e. The molecule has 0 aromatic carbocycles. The molecule has 1 aromatic heterocycles. The lowest BCUT2D eigenvalue weighted by Gasteiger charge is -2.22. The quantitative estimate of drug-likeness (QED) is 0.586. The molecular formula is C13H20ClNO. The summed E-state index contributed by atoms with van der Waals surface area (Å²) in [7, 11) is 0. The molecule has 0 bridgehead atoms. The third-order valence-corrected chi connectivity index (χ3v) is 2.87. The Kier molecular flexibility index (Phi) is 3.84. The summed E-state index contributed by atoms with van der Waals surface area (Å²) in [4.78, 5) is 11.6. The second-order valence-electron chi connectivity index (χ2n) is 5.49. The average molecular weight is 242 g/mol. The molecule has 1 rings (SSSR count). The van der Waals surface area contributed by atoms with Crippen LogP contribution < -0.4 is 0 Å². The van der Waals surface area contributed by atoms with E-state index in [9.17, 15) is 4.79 Å². The lowest BCUT2D eigenvalue weighted by atomic mass is 9.96. The Morgan fingerprint density at radius 3 is 2.38 bits per heavy atom. The number of nitrogens with zero attached hydrogens (tertiary/aromatic N) is 1. The van der Waals surface area contributed by atoms with E-state index in [1.165, 1.54) is 0 Å². The first-order chi connectivity index (χ1) is 7.26. The van der Waals surface area contributed by atoms with Crippen molar-refractivity contribution in [2.24, 2.45) is 5.41 Å². The van der Waals surface area contributed by atoms with Gasteiger partial charge in [0.25, 0.3) is 0 Å². The summed E-state index contributed by atoms with van der Waals surface area (Å²) in [6, 6.07) is 1.94. The number of carbonyl (C=O) groups excluding carboxylic acids is 1. The van der Waals surface area contributed by atoms with E-state index in [1.54, 1.807) is 0 Å². The second kappa shape index (κ2) is 4.62. The van der Waals surface area contributed by atoms with Crippen LogP contribution in [0.5, 0.6) is 0 Å². The predicted octanol–water partition coefficient (Wildman–Crippen LogP) is 3.57. The minimum Gasteiger partial charge on any atom is -0.348 e. The van der Waals surface area contributed by atoms with E-state index in [4.69, 9.17) is 11.6 Å². The highest BCUT2D eigenvalue weighted by atomic mass is 35.5. The molecule has 0 aliphatic rings. The number of rotatable bonds is 3. The Hall–Kier alpha value is -0.760. The number of ketones is 1. The van der Waals surface area contributed by atoms with E-state index in [2.05, 4.69) is 25.3 Å². The van der Waals surface area contributed by atoms with Crippen LogP contribution in [0.2, 0.25) is 0 Å². The largest absolute Gasteiger partial charge is 0.348 e. The van der Waals surface area contributed by atoms with E-state index in [0.29, 0.717) is 0 Å². The molecule has 0 saturated carbocycles. The average Bonchev–Trinajstić information content (AvgIpc) is 2.42. The molecule has 0 fully saturated rings. The molecule has 1 aromatic rings. The molecule has 0 radical (unpaired) electrons. The molecule has 0 aliphatic heterocycles. The molecule has 0 N–H and O–H groups in total. The molecule has 0 amide bonds. The SMILES string of the molecule is Cc1cc(C(=O)CCl)c(C)n1CC(C)(C)C. The fourth-order valence-electron chi connectivity index (χ4n) is 1.87. The molecule has 0 atom stereocenters. The summed E-state index contributed by atoms with van der Waals surface area (Å²) in [5.41, 5.74) is 3.12. The minimum absolute atomic E-state index is 0.00919. The van der Waals surface area contributed by atoms with E-state index in [1.807, 2.05) is 19.9 Å². The fourth-order valence-corrected chi connectivity index (χ4v) is 2.02. The number of hydrogen-bond donors (Lipinski definition) is 0. The normalized spacial score (nSPS) is 11.9. The van der Waals surface area contributed by atoms with Crippen LogP contribution in [0, 0.1) is 19.3 Å². The molecule has 90 valence electrons. The van der Waals surface area contributed by atoms with Gasteiger partial charge in [-0.15, -0.1) is 11.6 Å². The minimum atomic E-state index is 0.00919. The number of Topliss-reactive ketones (excluding diaryl/α,β-unsaturated/α-hetero) is 1. The van der Waals surface area contributed by atoms with Gasteiger partial charge in [0.1, 0.15) is 0 Å². The van der Waals surface area contributed by atoms with E-state index >= 15 is 0 Å². The monoisotopic (exact) mass is 241 g/mol. The van der Waals surface area contributed by atoms with E-state index < -0.39 is 0 Å². The van der Waals surface area contributed by atoms with Gasteiger partial charge in [0.15, 0.2) is 5.78 Å². The Labute approximate surface area is 103 Å². The fraction of sp³-hybridized carbons (Fsp3) is 0.615. The van der Waals surface area contributed by atoms with Gasteiger partial charge in [0.05, 0.1) is 5.88 Å². The summed E-state index contributed by atoms with van der Waals surface area (Å²) < 4.78 is 2.19. The Morgan fingerprint density at radius 2 is 1.94 bits per heavy atom. The zero-order valence-corrected chi connectivity index (χ0v) is 11.5. The Morgan fingerprint density at radius 1 is 1.38 bits per heavy atom. The molecule has 2 nitrogen and oxygen atoms in total. The maximum absolute atomic E-state index is 11.6. The predicted molar refractivity (Wildman–Crippen MR) is 68.4 cm³/mol. The number of aryl methyl sites for hydroxylation is 1. The third kappa shape index (κ3) is 2.88. The number of hydrogen-bond acceptors (Lipinski definition) is 1. The highest BCUT2D eigenvalue weighted by Crippen LogP contribution is 2.23. The van der Waals surface area contributed by atoms with Crippen LogP contribution in [0.15, 0.2) is 6.07 Å². The van der Waals surface area contributed by atoms with Gasteiger partial charge in [-0.1, -0.05) is 20.8 Å². The highest BCUT2D eigenvalue weighted by molar-refractivity contribution is 6.30. The van der Waals surface area contributed by atoms with Crippen molar-refractivity contribution in [3.63, 3.8) is 0 Å². The Balaban J connectivity index is 3.12. The standard InChI is InChI=1S/C13H20ClNO/c1-9-6-11(12(16)7-14)10(2)15(9)8-13(3,4)5/h6H,7-8H2,1-5H3. The summed E-state index contributed by atoms with van der Waals surface area (Å²) in [6.45, 7) is 11.5. The molecule has 0 unspecified atom stereocenters. The number of carbonyl (C=O) groups is 1. The first kappa shape index (κ1) is 13.3. The van der Waals surface area contributed by atoms with E-state index in [-0.39, 0.29) is 17.1 Å². The van der Waals surface area contributed by atoms with Gasteiger partial charge in [-0.25, -0.2) is 0 Å². The van der Waals surface area contributed by atoms with Gasteiger partial charge >= 0.3 is 0 Å². The maximum atomic E-state index is 11.6. The van der Waals surface area contributed by atoms with Crippen molar-refractivity contribution < 1.29 is 4.79 Å². The molecule has 16 heavy (non-hydrogen) atoms. The molecular weight excluding hydrogens is 222 g/mol. The van der Waals surface area contributed by atoms with Crippen molar-refractivity contribution in [2.75, 3.05) is 5.88 Å². The van der Waals surface area contributed by atoms with Crippen LogP contribution >= 0.6 is 11.6 Å². The first-order valence-corrected chi connectivity index (χ1v) is 6.05. The van der Waals surface area contributed by atoms with Crippen LogP contribution in [0.4, 0.5) is 0 Å². The summed E-state index contributed by atoms with van der Waals surface area (Å²) >= 11 is 5.59. The van der Waals surface area contributed by atoms with Gasteiger partial charge in [-0.2, -0.15) is 0 Å². The van der Waals surface area contributed by atoms with Gasteiger partial charge < -0.3 is 4.57 Å². The van der Waals surface area contributed by atoms with Crippen molar-refractivity contribution >= 4 is 17.4 Å². The number of aromatic nitrogens is 1. The number of alkyl halides is 1. The van der Waals surface area contributed by atoms with Crippen LogP contribution in [-0.4, -0.2) is 16.2 Å². The van der Waals surface area contributed by atoms with Crippen LogP contribution in [0.25, 0.3) is 0 Å². The highest BCUT2D eigenvalue weighted by Gasteiger charge is 2.18. The second-order valence-corrected chi connectivity index (χ2v) is 5.76. The summed E-state index contributed by atoms with van der Waals surface area (Å²) in [5.74, 6) is 0.0646. The van der Waals surface area contributed by atoms with Crippen LogP contribution in [0.1, 0.15) is 42.5 Å². The van der Waals surface area contributed by atoms with Crippen LogP contribution in [0.3, 0.4) is 0 Å². The van der Waals surface area contributed by atoms with Crippen molar-refractivity contribution in [3.8, 4) is 0 Å². The van der Waals surface area contributed by atoms with E-state index in [0.717, 1.165) is 23.5 Å². The molecule has 3 heteroatoms. The van der Waals surface area contributed by atoms with Gasteiger partial charge in [0.2, 0.25) is 0 Å². The molecule has 0 aliphatic carbocycles. The summed E-state index contributed by atoms with van der Waals surface area (Å²) in [5, 5.41) is 0. The first-order valence-electron chi connectivity index (χ1n) is 5.52. The maximum Gasteiger partial charge on any atom is 0.179 e. The third-order valence-electron chi connectivity index (χ3n) is 2.63. The van der Waals surface area contributed by atoms with Gasteiger partial charge in [-0.3, -0.25) is 4.79 Å². The zero-order valence-electron chi connectivity index (χ0n) is 10.7. The van der Waals surface area contributed by atoms with Crippen molar-refractivity contribution in [1.82, 2.24) is 4.57 Å². The molecule has 1 heterocycles. The van der Waals surface area contributed by atoms with Gasteiger partial charge in [-0.05, 0) is 25.3 Å². The zero-order chi connectivity index (χ0) is 12.5. The van der Waals surface area contributed by atoms with Crippen LogP contribution in [-0.2, 0) is 6.54 Å². The lowest BCUT2D eigenvalue weighted by molar-refractivity contribution is 0.102. The topological polar surface area (TPSA) is 22.0 Å². The summed E-state index contributed by atoms with van der Waals surface area (Å²) in [6.07, 6.45) is 0. The lowest BCUT2D eigenvalue weighted by Crippen LogP contribution is -2.17. The van der Waals surface area contributed by atoms with Crippen molar-refractivity contribution in [3.05, 3.63) is 23.0 Å². The molecule has 0 saturated heterocycles. The number of halogens is 1. The van der Waals surface area contributed by atoms with Crippen molar-refractivity contribution in [1.29, 1.82) is 0 Å². The molecule has 0 spiro atoms. The Bertz CT molecular complexity index is 399. The van der Waals surface area contributed by atoms with Gasteiger partial charge in [0, 0.05) is 23.5 Å². The van der Waals surface area contributed by atoms with Crippen molar-refractivity contribution in [2.45, 2.75) is 41.2 Å².